The molecule has 0 bridgehead atoms. The molecule has 3 unspecified atom stereocenters. The van der Waals surface area contributed by atoms with Gasteiger partial charge in [-0.05, 0) is 36.7 Å². The fourth-order valence-corrected chi connectivity index (χ4v) is 3.46. The van der Waals surface area contributed by atoms with Crippen LogP contribution in [0.2, 0.25) is 0 Å². The minimum absolute atomic E-state index is 0.327. The molecule has 1 aliphatic carbocycles. The predicted octanol–water partition coefficient (Wildman–Crippen LogP) is 3.69. The van der Waals surface area contributed by atoms with Crippen molar-refractivity contribution in [1.82, 2.24) is 4.98 Å². The molecule has 0 saturated heterocycles. The van der Waals surface area contributed by atoms with Gasteiger partial charge < -0.3 is 10.5 Å². The number of thiocarbonyl (C=S) groups is 1. The van der Waals surface area contributed by atoms with Gasteiger partial charge in [-0.2, -0.15) is 0 Å². The zero-order valence-corrected chi connectivity index (χ0v) is 14.0. The van der Waals surface area contributed by atoms with Crippen LogP contribution in [0.15, 0.2) is 18.3 Å². The lowest BCUT2D eigenvalue weighted by molar-refractivity contribution is -0.0473. The second-order valence-electron chi connectivity index (χ2n) is 6.55. The Morgan fingerprint density at radius 2 is 2.24 bits per heavy atom. The molecule has 2 N–H and O–H groups in total. The minimum Gasteiger partial charge on any atom is -0.388 e. The largest absolute Gasteiger partial charge is 0.388 e. The molecule has 4 heteroatoms. The molecule has 1 aromatic rings. The lowest BCUT2D eigenvalue weighted by atomic mass is 9.75. The van der Waals surface area contributed by atoms with Gasteiger partial charge in [-0.1, -0.05) is 45.5 Å². The molecular formula is C17H26N2OS. The normalized spacial score (nSPS) is 26.0. The van der Waals surface area contributed by atoms with Crippen molar-refractivity contribution < 1.29 is 4.74 Å². The van der Waals surface area contributed by atoms with Crippen LogP contribution >= 0.6 is 12.2 Å². The summed E-state index contributed by atoms with van der Waals surface area (Å²) < 4.78 is 6.25. The monoisotopic (exact) mass is 306 g/mol. The van der Waals surface area contributed by atoms with Crippen molar-refractivity contribution in [2.24, 2.45) is 23.5 Å². The fourth-order valence-electron chi connectivity index (χ4n) is 3.28. The number of pyridine rings is 1. The van der Waals surface area contributed by atoms with Crippen molar-refractivity contribution >= 4 is 17.2 Å². The molecule has 21 heavy (non-hydrogen) atoms. The number of hydrogen-bond donors (Lipinski definition) is 1. The van der Waals surface area contributed by atoms with E-state index in [4.69, 9.17) is 22.7 Å². The molecule has 1 fully saturated rings. The van der Waals surface area contributed by atoms with E-state index < -0.39 is 0 Å². The van der Waals surface area contributed by atoms with Gasteiger partial charge in [0.2, 0.25) is 0 Å². The Morgan fingerprint density at radius 1 is 1.48 bits per heavy atom. The molecule has 116 valence electrons. The highest BCUT2D eigenvalue weighted by Crippen LogP contribution is 2.35. The van der Waals surface area contributed by atoms with E-state index in [0.717, 1.165) is 17.9 Å². The summed E-state index contributed by atoms with van der Waals surface area (Å²) in [4.78, 5) is 4.60. The van der Waals surface area contributed by atoms with Crippen LogP contribution in [0.4, 0.5) is 0 Å². The summed E-state index contributed by atoms with van der Waals surface area (Å²) in [7, 11) is 0. The number of rotatable bonds is 5. The quantitative estimate of drug-likeness (QED) is 0.843. The topological polar surface area (TPSA) is 48.1 Å². The first-order chi connectivity index (χ1) is 9.99. The van der Waals surface area contributed by atoms with Gasteiger partial charge in [0.1, 0.15) is 10.7 Å². The zero-order chi connectivity index (χ0) is 15.4. The zero-order valence-electron chi connectivity index (χ0n) is 13.2. The Kier molecular flexibility index (Phi) is 5.71. The van der Waals surface area contributed by atoms with Crippen LogP contribution < -0.4 is 5.73 Å². The minimum atomic E-state index is 0.327. The van der Waals surface area contributed by atoms with Gasteiger partial charge in [0.05, 0.1) is 12.7 Å². The van der Waals surface area contributed by atoms with Crippen molar-refractivity contribution in [1.29, 1.82) is 0 Å². The molecule has 3 nitrogen and oxygen atoms in total. The predicted molar refractivity (Wildman–Crippen MR) is 90.0 cm³/mol. The SMILES string of the molecule is CC1CCC(C(C)C)C(OCc2cccnc2C(N)=S)C1. The van der Waals surface area contributed by atoms with Gasteiger partial charge in [0.25, 0.3) is 0 Å². The third kappa shape index (κ3) is 4.24. The summed E-state index contributed by atoms with van der Waals surface area (Å²) >= 11 is 5.06. The van der Waals surface area contributed by atoms with E-state index in [-0.39, 0.29) is 0 Å². The average Bonchev–Trinajstić information content (AvgIpc) is 2.45. The van der Waals surface area contributed by atoms with Gasteiger partial charge in [0.15, 0.2) is 0 Å². The van der Waals surface area contributed by atoms with E-state index in [0.29, 0.717) is 35.2 Å². The Labute approximate surface area is 133 Å². The highest BCUT2D eigenvalue weighted by atomic mass is 32.1. The summed E-state index contributed by atoms with van der Waals surface area (Å²) in [5.41, 5.74) is 7.42. The van der Waals surface area contributed by atoms with Crippen LogP contribution in [0, 0.1) is 17.8 Å². The average molecular weight is 306 g/mol. The summed E-state index contributed by atoms with van der Waals surface area (Å²) in [5, 5.41) is 0. The smallest absolute Gasteiger partial charge is 0.123 e. The van der Waals surface area contributed by atoms with Crippen molar-refractivity contribution in [3.8, 4) is 0 Å². The highest BCUT2D eigenvalue weighted by Gasteiger charge is 2.31. The summed E-state index contributed by atoms with van der Waals surface area (Å²) in [6.07, 6.45) is 5.77. The number of nitrogens with zero attached hydrogens (tertiary/aromatic N) is 1. The molecule has 1 aliphatic rings. The molecule has 1 aromatic heterocycles. The third-order valence-corrected chi connectivity index (χ3v) is 4.73. The van der Waals surface area contributed by atoms with E-state index in [2.05, 4.69) is 25.8 Å². The molecular weight excluding hydrogens is 280 g/mol. The van der Waals surface area contributed by atoms with Crippen LogP contribution in [0.25, 0.3) is 0 Å². The van der Waals surface area contributed by atoms with E-state index in [9.17, 15) is 0 Å². The first kappa shape index (κ1) is 16.4. The maximum atomic E-state index is 6.25. The van der Waals surface area contributed by atoms with Gasteiger partial charge in [-0.3, -0.25) is 4.98 Å². The Bertz CT molecular complexity index is 489. The van der Waals surface area contributed by atoms with Gasteiger partial charge in [-0.25, -0.2) is 0 Å². The second kappa shape index (κ2) is 7.32. The van der Waals surface area contributed by atoms with Crippen molar-refractivity contribution in [3.63, 3.8) is 0 Å². The van der Waals surface area contributed by atoms with Gasteiger partial charge in [0, 0.05) is 11.8 Å². The molecule has 0 spiro atoms. The van der Waals surface area contributed by atoms with Crippen LogP contribution in [-0.2, 0) is 11.3 Å². The van der Waals surface area contributed by atoms with Crippen LogP contribution in [0.5, 0.6) is 0 Å². The number of aromatic nitrogens is 1. The molecule has 0 aliphatic heterocycles. The summed E-state index contributed by atoms with van der Waals surface area (Å²) in [5.74, 6) is 2.05. The van der Waals surface area contributed by atoms with Crippen molar-refractivity contribution in [3.05, 3.63) is 29.6 Å². The molecule has 0 radical (unpaired) electrons. The standard InChI is InChI=1S/C17H26N2OS/c1-11(2)14-7-6-12(3)9-15(14)20-10-13-5-4-8-19-16(13)17(18)21/h4-5,8,11-12,14-15H,6-7,9-10H2,1-3H3,(H2,18,21). The number of ether oxygens (including phenoxy) is 1. The Hall–Kier alpha value is -1.00. The first-order valence-electron chi connectivity index (χ1n) is 7.84. The van der Waals surface area contributed by atoms with Gasteiger partial charge in [-0.15, -0.1) is 0 Å². The molecule has 1 saturated carbocycles. The number of nitrogens with two attached hydrogens (primary N) is 1. The maximum absolute atomic E-state index is 6.25. The lowest BCUT2D eigenvalue weighted by Gasteiger charge is -2.37. The van der Waals surface area contributed by atoms with E-state index in [1.165, 1.54) is 12.8 Å². The van der Waals surface area contributed by atoms with Crippen molar-refractivity contribution in [2.45, 2.75) is 52.7 Å². The fraction of sp³-hybridized carbons (Fsp3) is 0.647. The molecule has 3 atom stereocenters. The Balaban J connectivity index is 2.05. The second-order valence-corrected chi connectivity index (χ2v) is 6.99. The summed E-state index contributed by atoms with van der Waals surface area (Å²) in [6.45, 7) is 7.45. The maximum Gasteiger partial charge on any atom is 0.123 e. The first-order valence-corrected chi connectivity index (χ1v) is 8.25. The highest BCUT2D eigenvalue weighted by molar-refractivity contribution is 7.80. The van der Waals surface area contributed by atoms with Crippen molar-refractivity contribution in [2.75, 3.05) is 0 Å². The number of hydrogen-bond acceptors (Lipinski definition) is 3. The molecule has 0 aromatic carbocycles. The molecule has 0 amide bonds. The Morgan fingerprint density at radius 3 is 2.90 bits per heavy atom. The lowest BCUT2D eigenvalue weighted by Crippen LogP contribution is -2.34. The molecule has 1 heterocycles. The van der Waals surface area contributed by atoms with Gasteiger partial charge >= 0.3 is 0 Å². The van der Waals surface area contributed by atoms with E-state index >= 15 is 0 Å². The van der Waals surface area contributed by atoms with E-state index in [1.807, 2.05) is 12.1 Å². The third-order valence-electron chi connectivity index (χ3n) is 4.54. The van der Waals surface area contributed by atoms with Crippen LogP contribution in [0.1, 0.15) is 51.3 Å². The van der Waals surface area contributed by atoms with E-state index in [1.54, 1.807) is 6.20 Å². The summed E-state index contributed by atoms with van der Waals surface area (Å²) in [6, 6.07) is 3.90. The molecule has 2 rings (SSSR count). The van der Waals surface area contributed by atoms with Crippen LogP contribution in [0.3, 0.4) is 0 Å². The van der Waals surface area contributed by atoms with Crippen LogP contribution in [-0.4, -0.2) is 16.1 Å².